The summed E-state index contributed by atoms with van der Waals surface area (Å²) >= 11 is 0. The topological polar surface area (TPSA) is 45.0 Å². The molecule has 0 fully saturated rings. The van der Waals surface area contributed by atoms with E-state index in [1.165, 1.54) is 22.3 Å². The Morgan fingerprint density at radius 3 is 1.29 bits per heavy atom. The lowest BCUT2D eigenvalue weighted by Crippen LogP contribution is -2.48. The molecular weight excluding hydrogens is 552 g/mol. The number of phenols is 1. The molecule has 2 heterocycles. The van der Waals surface area contributed by atoms with E-state index < -0.39 is 0 Å². The molecule has 7 rings (SSSR count). The smallest absolute Gasteiger partial charge is 0.245 e. The molecule has 2 aliphatic heterocycles. The van der Waals surface area contributed by atoms with Crippen molar-refractivity contribution >= 4 is 11.7 Å². The Bertz CT molecular complexity index is 1810. The fourth-order valence-electron chi connectivity index (χ4n) is 6.59. The van der Waals surface area contributed by atoms with Crippen LogP contribution in [0, 0.1) is 6.07 Å². The second-order valence-corrected chi connectivity index (χ2v) is 11.8. The molecule has 1 radical (unpaired) electrons. The van der Waals surface area contributed by atoms with Crippen LogP contribution < -0.4 is 0 Å². The molecule has 1 N–H and O–H groups in total. The van der Waals surface area contributed by atoms with E-state index in [-0.39, 0.29) is 5.75 Å². The zero-order valence-corrected chi connectivity index (χ0v) is 25.1. The normalized spacial score (nSPS) is 16.0. The Morgan fingerprint density at radius 1 is 0.489 bits per heavy atom. The quantitative estimate of drug-likeness (QED) is 0.165. The van der Waals surface area contributed by atoms with Crippen molar-refractivity contribution in [2.75, 3.05) is 0 Å². The van der Waals surface area contributed by atoms with Gasteiger partial charge >= 0.3 is 0 Å². The monoisotopic (exact) mass is 587 g/mol. The highest BCUT2D eigenvalue weighted by molar-refractivity contribution is 6.09. The first-order valence-electron chi connectivity index (χ1n) is 15.3. The highest BCUT2D eigenvalue weighted by atomic mass is 16.3. The Labute approximate surface area is 264 Å². The maximum atomic E-state index is 11.7. The predicted octanol–water partition coefficient (Wildman–Crippen LogP) is 8.09. The van der Waals surface area contributed by atoms with Crippen molar-refractivity contribution in [3.8, 4) is 5.75 Å². The molecule has 45 heavy (non-hydrogen) atoms. The van der Waals surface area contributed by atoms with Gasteiger partial charge in [-0.2, -0.15) is 9.98 Å². The predicted molar refractivity (Wildman–Crippen MR) is 179 cm³/mol. The third kappa shape index (κ3) is 5.79. The number of amidine groups is 2. The lowest BCUT2D eigenvalue weighted by atomic mass is 9.98. The molecule has 0 aliphatic carbocycles. The summed E-state index contributed by atoms with van der Waals surface area (Å²) < 4.78 is 0.896. The SMILES string of the molecule is Oc1[c]ccc(C2=NC=C[N+]2(Cc2ccccc2)Cc2ccccc2)c1C1=NC=C[N+]1(Cc1ccccc1)Cc1ccccc1. The highest BCUT2D eigenvalue weighted by Crippen LogP contribution is 2.37. The van der Waals surface area contributed by atoms with E-state index >= 15 is 0 Å². The van der Waals surface area contributed by atoms with E-state index in [1.807, 2.05) is 42.7 Å². The Hall–Kier alpha value is -5.36. The van der Waals surface area contributed by atoms with E-state index in [1.54, 1.807) is 6.07 Å². The average Bonchev–Trinajstić information content (AvgIpc) is 3.66. The van der Waals surface area contributed by atoms with Gasteiger partial charge in [-0.15, -0.1) is 0 Å². The molecule has 2 aliphatic rings. The Kier molecular flexibility index (Phi) is 7.78. The maximum Gasteiger partial charge on any atom is 0.245 e. The van der Waals surface area contributed by atoms with Crippen LogP contribution in [0.25, 0.3) is 0 Å². The van der Waals surface area contributed by atoms with Crippen LogP contribution in [0.1, 0.15) is 33.4 Å². The highest BCUT2D eigenvalue weighted by Gasteiger charge is 2.45. The van der Waals surface area contributed by atoms with E-state index in [2.05, 4.69) is 116 Å². The molecule has 219 valence electrons. The van der Waals surface area contributed by atoms with Crippen molar-refractivity contribution < 1.29 is 14.1 Å². The van der Waals surface area contributed by atoms with Crippen molar-refractivity contribution in [3.63, 3.8) is 0 Å². The van der Waals surface area contributed by atoms with Crippen LogP contribution in [-0.4, -0.2) is 25.7 Å². The van der Waals surface area contributed by atoms with Gasteiger partial charge in [0.05, 0.1) is 18.0 Å². The minimum Gasteiger partial charge on any atom is -0.506 e. The van der Waals surface area contributed by atoms with Gasteiger partial charge in [0.2, 0.25) is 11.7 Å². The second kappa shape index (κ2) is 12.3. The fraction of sp³-hybridized carbons (Fsp3) is 0.100. The van der Waals surface area contributed by atoms with Crippen LogP contribution in [0.3, 0.4) is 0 Å². The largest absolute Gasteiger partial charge is 0.506 e. The number of rotatable bonds is 10. The van der Waals surface area contributed by atoms with Crippen LogP contribution >= 0.6 is 0 Å². The van der Waals surface area contributed by atoms with Gasteiger partial charge in [-0.25, -0.2) is 8.97 Å². The summed E-state index contributed by atoms with van der Waals surface area (Å²) in [5.41, 5.74) is 6.31. The van der Waals surface area contributed by atoms with Crippen LogP contribution in [-0.2, 0) is 26.2 Å². The molecule has 5 aromatic rings. The van der Waals surface area contributed by atoms with Crippen LogP contribution in [0.15, 0.2) is 168 Å². The summed E-state index contributed by atoms with van der Waals surface area (Å²) in [6.45, 7) is 2.78. The molecule has 0 bridgehead atoms. The van der Waals surface area contributed by atoms with Crippen molar-refractivity contribution in [2.45, 2.75) is 26.2 Å². The number of nitrogens with zero attached hydrogens (tertiary/aromatic N) is 4. The molecule has 0 atom stereocenters. The standard InChI is InChI=1S/C40H34N4O/c45-37-23-13-22-36(39-41-24-26-43(39,28-32-14-5-1-6-15-32)29-33-16-7-2-8-17-33)38(37)40-42-25-27-44(40,30-34-18-9-3-10-19-34)31-35-20-11-4-12-21-35/h1-22,24-27H,28-31H2/q+1/p+1. The van der Waals surface area contributed by atoms with Crippen molar-refractivity contribution in [1.29, 1.82) is 0 Å². The van der Waals surface area contributed by atoms with Gasteiger partial charge in [-0.1, -0.05) is 121 Å². The molecule has 5 aromatic carbocycles. The van der Waals surface area contributed by atoms with Crippen LogP contribution in [0.2, 0.25) is 0 Å². The molecule has 0 spiro atoms. The number of benzene rings is 5. The molecule has 5 heteroatoms. The number of quaternary nitrogens is 2. The van der Waals surface area contributed by atoms with Gasteiger partial charge in [-0.05, 0) is 12.1 Å². The van der Waals surface area contributed by atoms with E-state index in [0.717, 1.165) is 17.2 Å². The molecule has 0 saturated carbocycles. The number of phenolic OH excluding ortho intramolecular Hbond substituents is 1. The summed E-state index contributed by atoms with van der Waals surface area (Å²) in [5.74, 6) is 1.72. The van der Waals surface area contributed by atoms with E-state index in [4.69, 9.17) is 9.98 Å². The fourth-order valence-corrected chi connectivity index (χ4v) is 6.59. The van der Waals surface area contributed by atoms with Crippen molar-refractivity contribution in [2.24, 2.45) is 9.98 Å². The minimum absolute atomic E-state index is 0.0747. The number of aliphatic imine (C=N–C) groups is 2. The van der Waals surface area contributed by atoms with Crippen LogP contribution in [0.5, 0.6) is 5.75 Å². The average molecular weight is 588 g/mol. The van der Waals surface area contributed by atoms with Gasteiger partial charge in [0.1, 0.15) is 49.9 Å². The first-order chi connectivity index (χ1) is 22.1. The van der Waals surface area contributed by atoms with E-state index in [0.29, 0.717) is 40.7 Å². The first kappa shape index (κ1) is 28.4. The number of hydrogen-bond acceptors (Lipinski definition) is 3. The van der Waals surface area contributed by atoms with Crippen LogP contribution in [0.4, 0.5) is 0 Å². The van der Waals surface area contributed by atoms with Gasteiger partial charge in [-0.3, -0.25) is 0 Å². The molecule has 0 saturated heterocycles. The van der Waals surface area contributed by atoms with Gasteiger partial charge in [0.15, 0.2) is 0 Å². The zero-order chi connectivity index (χ0) is 30.5. The minimum atomic E-state index is 0.0747. The third-order valence-electron chi connectivity index (χ3n) is 8.61. The summed E-state index contributed by atoms with van der Waals surface area (Å²) in [7, 11) is 0. The van der Waals surface area contributed by atoms with Gasteiger partial charge in [0.25, 0.3) is 0 Å². The molecule has 0 amide bonds. The Balaban J connectivity index is 1.36. The molecule has 5 nitrogen and oxygen atoms in total. The first-order valence-corrected chi connectivity index (χ1v) is 15.3. The maximum absolute atomic E-state index is 11.7. The number of hydrogen-bond donors (Lipinski definition) is 1. The molecular formula is C40H35N4O+2. The number of aromatic hydroxyl groups is 1. The molecule has 0 unspecified atom stereocenters. The lowest BCUT2D eigenvalue weighted by molar-refractivity contribution is -0.815. The summed E-state index contributed by atoms with van der Waals surface area (Å²) in [5, 5.41) is 11.7. The second-order valence-electron chi connectivity index (χ2n) is 11.8. The summed E-state index contributed by atoms with van der Waals surface area (Å²) in [6.07, 6.45) is 8.11. The van der Waals surface area contributed by atoms with Gasteiger partial charge in [0, 0.05) is 28.3 Å². The zero-order valence-electron chi connectivity index (χ0n) is 25.1. The third-order valence-corrected chi connectivity index (χ3v) is 8.61. The summed E-state index contributed by atoms with van der Waals surface area (Å²) in [6, 6.07) is 49.0. The van der Waals surface area contributed by atoms with Crippen molar-refractivity contribution in [3.05, 3.63) is 198 Å². The van der Waals surface area contributed by atoms with E-state index in [9.17, 15) is 5.11 Å². The summed E-state index contributed by atoms with van der Waals surface area (Å²) in [4.78, 5) is 10.0. The molecule has 0 aromatic heterocycles. The Morgan fingerprint density at radius 2 is 0.867 bits per heavy atom. The van der Waals surface area contributed by atoms with Crippen molar-refractivity contribution in [1.82, 2.24) is 0 Å². The lowest BCUT2D eigenvalue weighted by Gasteiger charge is -2.35. The van der Waals surface area contributed by atoms with Gasteiger partial charge < -0.3 is 5.11 Å².